The Bertz CT molecular complexity index is 445. The summed E-state index contributed by atoms with van der Waals surface area (Å²) in [6.45, 7) is 3.30. The van der Waals surface area contributed by atoms with Crippen molar-refractivity contribution in [3.8, 4) is 0 Å². The Morgan fingerprint density at radius 1 is 1.33 bits per heavy atom. The van der Waals surface area contributed by atoms with Crippen molar-refractivity contribution in [2.45, 2.75) is 76.4 Å². The van der Waals surface area contributed by atoms with Gasteiger partial charge in [0, 0.05) is 6.04 Å². The Kier molecular flexibility index (Phi) is 4.66. The molecule has 21 heavy (non-hydrogen) atoms. The SMILES string of the molecule is CCC(C)(NC1CC(=O)N(C2CCCCC2)C1=O)C(=O)O. The zero-order valence-corrected chi connectivity index (χ0v) is 12.7. The quantitative estimate of drug-likeness (QED) is 0.747. The molecule has 2 amide bonds. The minimum absolute atomic E-state index is 0.00302. The number of nitrogens with zero attached hydrogens (tertiary/aromatic N) is 1. The fraction of sp³-hybridized carbons (Fsp3) is 0.800. The van der Waals surface area contributed by atoms with Gasteiger partial charge in [-0.1, -0.05) is 26.2 Å². The average molecular weight is 296 g/mol. The van der Waals surface area contributed by atoms with Gasteiger partial charge in [-0.05, 0) is 26.2 Å². The molecule has 6 heteroatoms. The minimum atomic E-state index is -1.18. The van der Waals surface area contributed by atoms with Crippen molar-refractivity contribution in [2.24, 2.45) is 0 Å². The smallest absolute Gasteiger partial charge is 0.323 e. The lowest BCUT2D eigenvalue weighted by Gasteiger charge is -2.31. The summed E-state index contributed by atoms with van der Waals surface area (Å²) in [7, 11) is 0. The first-order chi connectivity index (χ1) is 9.89. The van der Waals surface area contributed by atoms with Gasteiger partial charge in [0.15, 0.2) is 0 Å². The van der Waals surface area contributed by atoms with E-state index >= 15 is 0 Å². The first-order valence-electron chi connectivity index (χ1n) is 7.76. The molecule has 0 aromatic rings. The molecule has 1 aliphatic carbocycles. The number of hydrogen-bond donors (Lipinski definition) is 2. The fourth-order valence-corrected chi connectivity index (χ4v) is 3.19. The van der Waals surface area contributed by atoms with Crippen LogP contribution in [0.1, 0.15) is 58.8 Å². The lowest BCUT2D eigenvalue weighted by atomic mass is 9.94. The van der Waals surface area contributed by atoms with Crippen molar-refractivity contribution < 1.29 is 19.5 Å². The maximum atomic E-state index is 12.5. The maximum absolute atomic E-state index is 12.5. The van der Waals surface area contributed by atoms with Gasteiger partial charge in [0.2, 0.25) is 11.8 Å². The standard InChI is InChI=1S/C15H24N2O4/c1-3-15(2,14(20)21)16-11-9-12(18)17(13(11)19)10-7-5-4-6-8-10/h10-11,16H,3-9H2,1-2H3,(H,20,21). The van der Waals surface area contributed by atoms with Crippen molar-refractivity contribution in [2.75, 3.05) is 0 Å². The van der Waals surface area contributed by atoms with E-state index in [0.717, 1.165) is 32.1 Å². The number of carbonyl (C=O) groups is 3. The van der Waals surface area contributed by atoms with Crippen molar-refractivity contribution in [1.82, 2.24) is 10.2 Å². The first kappa shape index (κ1) is 15.9. The molecule has 0 spiro atoms. The molecule has 1 saturated heterocycles. The lowest BCUT2D eigenvalue weighted by molar-refractivity contribution is -0.145. The second kappa shape index (κ2) is 6.13. The van der Waals surface area contributed by atoms with E-state index in [-0.39, 0.29) is 24.3 Å². The van der Waals surface area contributed by atoms with Crippen LogP contribution >= 0.6 is 0 Å². The molecule has 118 valence electrons. The second-order valence-corrected chi connectivity index (χ2v) is 6.29. The van der Waals surface area contributed by atoms with Gasteiger partial charge >= 0.3 is 5.97 Å². The summed E-state index contributed by atoms with van der Waals surface area (Å²) >= 11 is 0. The molecule has 0 radical (unpaired) electrons. The molecule has 2 N–H and O–H groups in total. The van der Waals surface area contributed by atoms with Gasteiger partial charge in [-0.15, -0.1) is 0 Å². The van der Waals surface area contributed by atoms with Crippen LogP contribution in [0.2, 0.25) is 0 Å². The molecule has 1 aliphatic heterocycles. The Morgan fingerprint density at radius 3 is 2.48 bits per heavy atom. The summed E-state index contributed by atoms with van der Waals surface area (Å²) in [6.07, 6.45) is 5.40. The van der Waals surface area contributed by atoms with E-state index < -0.39 is 17.6 Å². The molecule has 1 heterocycles. The lowest BCUT2D eigenvalue weighted by Crippen LogP contribution is -2.56. The number of likely N-dealkylation sites (tertiary alicyclic amines) is 1. The van der Waals surface area contributed by atoms with Crippen molar-refractivity contribution in [3.05, 3.63) is 0 Å². The number of amides is 2. The highest BCUT2D eigenvalue weighted by Crippen LogP contribution is 2.28. The van der Waals surface area contributed by atoms with Crippen LogP contribution in [-0.4, -0.2) is 45.4 Å². The average Bonchev–Trinajstić information content (AvgIpc) is 2.74. The summed E-state index contributed by atoms with van der Waals surface area (Å²) in [5.41, 5.74) is -1.18. The van der Waals surface area contributed by atoms with Crippen LogP contribution in [-0.2, 0) is 14.4 Å². The highest BCUT2D eigenvalue weighted by Gasteiger charge is 2.46. The topological polar surface area (TPSA) is 86.7 Å². The molecule has 2 atom stereocenters. The van der Waals surface area contributed by atoms with Gasteiger partial charge in [-0.3, -0.25) is 24.6 Å². The fourth-order valence-electron chi connectivity index (χ4n) is 3.19. The monoisotopic (exact) mass is 296 g/mol. The Hall–Kier alpha value is -1.43. The van der Waals surface area contributed by atoms with Crippen LogP contribution in [0.5, 0.6) is 0 Å². The van der Waals surface area contributed by atoms with Gasteiger partial charge in [0.1, 0.15) is 5.54 Å². The van der Waals surface area contributed by atoms with Crippen LogP contribution in [0.4, 0.5) is 0 Å². The predicted octanol–water partition coefficient (Wildman–Crippen LogP) is 1.29. The highest BCUT2D eigenvalue weighted by molar-refractivity contribution is 6.06. The number of carboxylic acid groups (broad SMARTS) is 1. The Balaban J connectivity index is 2.08. The molecular weight excluding hydrogens is 272 g/mol. The third kappa shape index (κ3) is 3.10. The van der Waals surface area contributed by atoms with Gasteiger partial charge in [0.05, 0.1) is 12.5 Å². The predicted molar refractivity (Wildman–Crippen MR) is 76.6 cm³/mol. The van der Waals surface area contributed by atoms with Crippen LogP contribution in [0, 0.1) is 0 Å². The number of carboxylic acids is 1. The zero-order chi connectivity index (χ0) is 15.6. The molecule has 0 aromatic carbocycles. The number of carbonyl (C=O) groups excluding carboxylic acids is 2. The van der Waals surface area contributed by atoms with E-state index in [1.807, 2.05) is 0 Å². The highest BCUT2D eigenvalue weighted by atomic mass is 16.4. The first-order valence-corrected chi connectivity index (χ1v) is 7.76. The van der Waals surface area contributed by atoms with Crippen LogP contribution in [0.3, 0.4) is 0 Å². The minimum Gasteiger partial charge on any atom is -0.480 e. The molecule has 2 rings (SSSR count). The summed E-state index contributed by atoms with van der Waals surface area (Å²) in [5.74, 6) is -1.43. The maximum Gasteiger partial charge on any atom is 0.323 e. The summed E-state index contributed by atoms with van der Waals surface area (Å²) in [4.78, 5) is 37.4. The molecule has 1 saturated carbocycles. The number of nitrogens with one attached hydrogen (secondary N) is 1. The van der Waals surface area contributed by atoms with Gasteiger partial charge in [-0.25, -0.2) is 0 Å². The zero-order valence-electron chi connectivity index (χ0n) is 12.7. The normalized spacial score (nSPS) is 27.0. The molecule has 2 fully saturated rings. The third-order valence-corrected chi connectivity index (χ3v) is 4.79. The van der Waals surface area contributed by atoms with E-state index in [9.17, 15) is 19.5 Å². The van der Waals surface area contributed by atoms with E-state index in [0.29, 0.717) is 6.42 Å². The van der Waals surface area contributed by atoms with Crippen molar-refractivity contribution >= 4 is 17.8 Å². The molecule has 0 bridgehead atoms. The number of imide groups is 1. The number of hydrogen-bond acceptors (Lipinski definition) is 4. The Labute approximate surface area is 124 Å². The summed E-state index contributed by atoms with van der Waals surface area (Å²) in [6, 6.07) is -0.705. The molecular formula is C15H24N2O4. The van der Waals surface area contributed by atoms with E-state index in [2.05, 4.69) is 5.32 Å². The van der Waals surface area contributed by atoms with Crippen LogP contribution in [0.25, 0.3) is 0 Å². The third-order valence-electron chi connectivity index (χ3n) is 4.79. The van der Waals surface area contributed by atoms with Gasteiger partial charge in [0.25, 0.3) is 0 Å². The summed E-state index contributed by atoms with van der Waals surface area (Å²) < 4.78 is 0. The van der Waals surface area contributed by atoms with E-state index in [4.69, 9.17) is 0 Å². The van der Waals surface area contributed by atoms with E-state index in [1.54, 1.807) is 13.8 Å². The van der Waals surface area contributed by atoms with E-state index in [1.165, 1.54) is 4.90 Å². The number of rotatable bonds is 5. The number of aliphatic carboxylic acids is 1. The molecule has 2 aliphatic rings. The van der Waals surface area contributed by atoms with Crippen molar-refractivity contribution in [3.63, 3.8) is 0 Å². The van der Waals surface area contributed by atoms with Crippen LogP contribution < -0.4 is 5.32 Å². The van der Waals surface area contributed by atoms with Gasteiger partial charge in [-0.2, -0.15) is 0 Å². The molecule has 2 unspecified atom stereocenters. The van der Waals surface area contributed by atoms with Crippen LogP contribution in [0.15, 0.2) is 0 Å². The second-order valence-electron chi connectivity index (χ2n) is 6.29. The molecule has 0 aromatic heterocycles. The largest absolute Gasteiger partial charge is 0.480 e. The Morgan fingerprint density at radius 2 is 1.95 bits per heavy atom. The van der Waals surface area contributed by atoms with Gasteiger partial charge < -0.3 is 5.11 Å². The molecule has 6 nitrogen and oxygen atoms in total. The summed E-state index contributed by atoms with van der Waals surface area (Å²) in [5, 5.41) is 12.2. The van der Waals surface area contributed by atoms with Crippen molar-refractivity contribution in [1.29, 1.82) is 0 Å².